The molecule has 3 rings (SSSR count). The molecule has 1 aliphatic rings. The van der Waals surface area contributed by atoms with E-state index in [9.17, 15) is 9.59 Å². The van der Waals surface area contributed by atoms with Gasteiger partial charge in [-0.3, -0.25) is 9.59 Å². The smallest absolute Gasteiger partial charge is 0.259 e. The molecule has 1 aromatic carbocycles. The number of H-pyrrole nitrogens is 1. The molecule has 2 heterocycles. The SMILES string of the molecule is COc1[nH]c(C)cc1C(=O)N(C)CCSCCOc1cc2c(cc1Cl)NC(=O)C2. The van der Waals surface area contributed by atoms with Gasteiger partial charge >= 0.3 is 0 Å². The standard InChI is InChI=1S/C20H24ClN3O4S/c1-12-8-14(19(22-12)27-3)20(26)24(2)4-6-29-7-5-28-17-9-13-10-18(25)23-16(13)11-15(17)21/h8-9,11,22H,4-7,10H2,1-3H3,(H,23,25). The van der Waals surface area contributed by atoms with E-state index in [-0.39, 0.29) is 11.8 Å². The second-order valence-corrected chi connectivity index (χ2v) is 8.38. The van der Waals surface area contributed by atoms with E-state index in [1.807, 2.05) is 13.0 Å². The Morgan fingerprint density at radius 2 is 2.10 bits per heavy atom. The number of benzene rings is 1. The van der Waals surface area contributed by atoms with Crippen LogP contribution in [-0.2, 0) is 11.2 Å². The molecule has 0 unspecified atom stereocenters. The van der Waals surface area contributed by atoms with E-state index in [2.05, 4.69) is 10.3 Å². The van der Waals surface area contributed by atoms with Gasteiger partial charge in [0.25, 0.3) is 5.91 Å². The third-order valence-electron chi connectivity index (χ3n) is 4.54. The molecule has 0 spiro atoms. The highest BCUT2D eigenvalue weighted by atomic mass is 35.5. The summed E-state index contributed by atoms with van der Waals surface area (Å²) in [5.41, 5.74) is 3.08. The Balaban J connectivity index is 1.40. The fraction of sp³-hybridized carbons (Fsp3) is 0.400. The summed E-state index contributed by atoms with van der Waals surface area (Å²) in [6, 6.07) is 5.34. The molecular weight excluding hydrogens is 414 g/mol. The van der Waals surface area contributed by atoms with Gasteiger partial charge in [0.1, 0.15) is 11.3 Å². The van der Waals surface area contributed by atoms with Gasteiger partial charge in [-0.1, -0.05) is 11.6 Å². The van der Waals surface area contributed by atoms with Crippen molar-refractivity contribution in [3.63, 3.8) is 0 Å². The summed E-state index contributed by atoms with van der Waals surface area (Å²) in [4.78, 5) is 28.7. The summed E-state index contributed by atoms with van der Waals surface area (Å²) >= 11 is 7.91. The lowest BCUT2D eigenvalue weighted by atomic mass is 10.1. The molecule has 2 N–H and O–H groups in total. The van der Waals surface area contributed by atoms with E-state index in [1.54, 1.807) is 43.0 Å². The Labute approximate surface area is 179 Å². The normalized spacial score (nSPS) is 12.5. The van der Waals surface area contributed by atoms with Crippen LogP contribution in [0.2, 0.25) is 5.02 Å². The van der Waals surface area contributed by atoms with Crippen molar-refractivity contribution in [2.45, 2.75) is 13.3 Å². The van der Waals surface area contributed by atoms with Crippen molar-refractivity contribution < 1.29 is 19.1 Å². The highest BCUT2D eigenvalue weighted by Gasteiger charge is 2.20. The summed E-state index contributed by atoms with van der Waals surface area (Å²) in [5.74, 6) is 2.52. The van der Waals surface area contributed by atoms with Gasteiger partial charge in [-0.2, -0.15) is 11.8 Å². The van der Waals surface area contributed by atoms with E-state index in [0.717, 1.165) is 28.5 Å². The third kappa shape index (κ3) is 5.19. The molecule has 0 atom stereocenters. The lowest BCUT2D eigenvalue weighted by Gasteiger charge is -2.17. The molecule has 0 radical (unpaired) electrons. The Hall–Kier alpha value is -2.32. The van der Waals surface area contributed by atoms with Crippen LogP contribution in [0.3, 0.4) is 0 Å². The van der Waals surface area contributed by atoms with Gasteiger partial charge in [0.2, 0.25) is 11.8 Å². The summed E-state index contributed by atoms with van der Waals surface area (Å²) < 4.78 is 11.0. The summed E-state index contributed by atoms with van der Waals surface area (Å²) in [7, 11) is 3.32. The maximum absolute atomic E-state index is 12.5. The number of thioether (sulfide) groups is 1. The van der Waals surface area contributed by atoms with Crippen molar-refractivity contribution in [3.8, 4) is 11.6 Å². The van der Waals surface area contributed by atoms with E-state index in [1.165, 1.54) is 0 Å². The largest absolute Gasteiger partial charge is 0.491 e. The van der Waals surface area contributed by atoms with Gasteiger partial charge in [0.15, 0.2) is 0 Å². The number of carbonyl (C=O) groups is 2. The van der Waals surface area contributed by atoms with Gasteiger partial charge in [-0.25, -0.2) is 0 Å². The number of aromatic amines is 1. The number of amides is 2. The first-order chi connectivity index (χ1) is 13.9. The number of carbonyl (C=O) groups excluding carboxylic acids is 2. The molecule has 2 aromatic rings. The number of nitrogens with zero attached hydrogens (tertiary/aromatic N) is 1. The summed E-state index contributed by atoms with van der Waals surface area (Å²) in [5, 5.41) is 3.25. The zero-order valence-electron chi connectivity index (χ0n) is 16.6. The van der Waals surface area contributed by atoms with Crippen molar-refractivity contribution in [3.05, 3.63) is 40.0 Å². The van der Waals surface area contributed by atoms with Crippen molar-refractivity contribution >= 4 is 40.9 Å². The molecule has 0 saturated carbocycles. The van der Waals surface area contributed by atoms with Crippen molar-refractivity contribution in [2.75, 3.05) is 44.1 Å². The first-order valence-corrected chi connectivity index (χ1v) is 10.7. The fourth-order valence-corrected chi connectivity index (χ4v) is 4.07. The first-order valence-electron chi connectivity index (χ1n) is 9.21. The molecule has 29 heavy (non-hydrogen) atoms. The molecule has 1 aromatic heterocycles. The average Bonchev–Trinajstić information content (AvgIpc) is 3.24. The molecule has 9 heteroatoms. The number of hydrogen-bond donors (Lipinski definition) is 2. The predicted octanol–water partition coefficient (Wildman–Crippen LogP) is 3.36. The third-order valence-corrected chi connectivity index (χ3v) is 5.76. The quantitative estimate of drug-likeness (QED) is 0.587. The molecule has 0 fully saturated rings. The minimum Gasteiger partial charge on any atom is -0.491 e. The van der Waals surface area contributed by atoms with Crippen LogP contribution < -0.4 is 14.8 Å². The van der Waals surface area contributed by atoms with Gasteiger partial charge in [-0.05, 0) is 30.7 Å². The molecule has 156 valence electrons. The lowest BCUT2D eigenvalue weighted by Crippen LogP contribution is -2.29. The molecule has 0 bridgehead atoms. The summed E-state index contributed by atoms with van der Waals surface area (Å²) in [6.07, 6.45) is 0.351. The zero-order chi connectivity index (χ0) is 21.0. The number of methoxy groups -OCH3 is 1. The van der Waals surface area contributed by atoms with Crippen LogP contribution in [0, 0.1) is 6.92 Å². The van der Waals surface area contributed by atoms with Gasteiger partial charge < -0.3 is 24.7 Å². The maximum Gasteiger partial charge on any atom is 0.259 e. The van der Waals surface area contributed by atoms with Crippen molar-refractivity contribution in [2.24, 2.45) is 0 Å². The Morgan fingerprint density at radius 3 is 2.86 bits per heavy atom. The number of aromatic nitrogens is 1. The number of fused-ring (bicyclic) bond motifs is 1. The van der Waals surface area contributed by atoms with E-state index in [4.69, 9.17) is 21.1 Å². The zero-order valence-corrected chi connectivity index (χ0v) is 18.2. The minimum atomic E-state index is -0.0730. The fourth-order valence-electron chi connectivity index (χ4n) is 3.04. The van der Waals surface area contributed by atoms with E-state index in [0.29, 0.717) is 41.8 Å². The average molecular weight is 438 g/mol. The highest BCUT2D eigenvalue weighted by Crippen LogP contribution is 2.34. The van der Waals surface area contributed by atoms with Crippen molar-refractivity contribution in [1.29, 1.82) is 0 Å². The number of nitrogens with one attached hydrogen (secondary N) is 2. The Bertz CT molecular complexity index is 915. The van der Waals surface area contributed by atoms with E-state index < -0.39 is 0 Å². The number of aryl methyl sites for hydroxylation is 1. The number of rotatable bonds is 9. The molecule has 1 aliphatic heterocycles. The van der Waals surface area contributed by atoms with Gasteiger partial charge in [0, 0.05) is 36.5 Å². The first kappa shape index (κ1) is 21.4. The number of ether oxygens (including phenoxy) is 2. The monoisotopic (exact) mass is 437 g/mol. The van der Waals surface area contributed by atoms with Crippen LogP contribution >= 0.6 is 23.4 Å². The van der Waals surface area contributed by atoms with Crippen molar-refractivity contribution in [1.82, 2.24) is 9.88 Å². The van der Waals surface area contributed by atoms with Crippen LogP contribution in [0.15, 0.2) is 18.2 Å². The van der Waals surface area contributed by atoms with Gasteiger partial charge in [0.05, 0.1) is 25.2 Å². The number of hydrogen-bond acceptors (Lipinski definition) is 5. The van der Waals surface area contributed by atoms with Crippen LogP contribution in [0.5, 0.6) is 11.6 Å². The van der Waals surface area contributed by atoms with Crippen LogP contribution in [0.25, 0.3) is 0 Å². The maximum atomic E-state index is 12.5. The Morgan fingerprint density at radius 1 is 1.31 bits per heavy atom. The van der Waals surface area contributed by atoms with Crippen LogP contribution in [0.4, 0.5) is 5.69 Å². The molecule has 7 nitrogen and oxygen atoms in total. The molecule has 0 aliphatic carbocycles. The predicted molar refractivity (Wildman–Crippen MR) is 116 cm³/mol. The molecular formula is C20H24ClN3O4S. The van der Waals surface area contributed by atoms with Crippen LogP contribution in [-0.4, -0.2) is 60.5 Å². The Kier molecular flexibility index (Phi) is 6.97. The summed E-state index contributed by atoms with van der Waals surface area (Å²) in [6.45, 7) is 2.99. The molecule has 2 amide bonds. The highest BCUT2D eigenvalue weighted by molar-refractivity contribution is 7.99. The number of anilines is 1. The minimum absolute atomic E-state index is 0.0325. The topological polar surface area (TPSA) is 83.7 Å². The number of halogens is 1. The second-order valence-electron chi connectivity index (χ2n) is 6.75. The molecule has 0 saturated heterocycles. The van der Waals surface area contributed by atoms with Crippen LogP contribution in [0.1, 0.15) is 21.6 Å². The van der Waals surface area contributed by atoms with Gasteiger partial charge in [-0.15, -0.1) is 0 Å². The van der Waals surface area contributed by atoms with E-state index >= 15 is 0 Å². The lowest BCUT2D eigenvalue weighted by molar-refractivity contribution is -0.115. The second kappa shape index (κ2) is 9.45.